The first kappa shape index (κ1) is 34.3. The molecule has 6 rings (SSSR count). The minimum absolute atomic E-state index is 0.00136. The van der Waals surface area contributed by atoms with Crippen molar-refractivity contribution in [3.63, 3.8) is 0 Å². The van der Waals surface area contributed by atoms with Gasteiger partial charge in [-0.05, 0) is 45.1 Å². The molecule has 2 aliphatic rings. The Bertz CT molecular complexity index is 1910. The molecule has 11 nitrogen and oxygen atoms in total. The molecule has 4 aromatic rings. The molecule has 0 atom stereocenters. The Kier molecular flexibility index (Phi) is 10.8. The number of halogens is 1. The van der Waals surface area contributed by atoms with E-state index in [1.54, 1.807) is 15.7 Å². The van der Waals surface area contributed by atoms with E-state index in [1.807, 2.05) is 44.2 Å². The summed E-state index contributed by atoms with van der Waals surface area (Å²) in [6, 6.07) is 10.9. The number of hydrogen-bond donors (Lipinski definition) is 1. The first-order valence-electron chi connectivity index (χ1n) is 17.0. The lowest BCUT2D eigenvalue weighted by Gasteiger charge is -2.35. The number of pyridine rings is 1. The van der Waals surface area contributed by atoms with Crippen molar-refractivity contribution in [1.29, 1.82) is 0 Å². The second kappa shape index (κ2) is 15.4. The lowest BCUT2D eigenvalue weighted by molar-refractivity contribution is -0.121. The van der Waals surface area contributed by atoms with Gasteiger partial charge in [0, 0.05) is 55.8 Å². The monoisotopic (exact) mass is 688 g/mol. The summed E-state index contributed by atoms with van der Waals surface area (Å²) in [5.74, 6) is -0.124. The number of benzene rings is 1. The molecule has 1 aliphatic heterocycles. The maximum absolute atomic E-state index is 13.6. The molecule has 1 N–H and O–H groups in total. The lowest BCUT2D eigenvalue weighted by Crippen LogP contribution is -2.46. The molecule has 4 heterocycles. The number of amides is 2. The molecule has 0 unspecified atom stereocenters. The van der Waals surface area contributed by atoms with Crippen LogP contribution >= 0.6 is 12.3 Å². The number of ketones is 1. The zero-order chi connectivity index (χ0) is 34.5. The highest BCUT2D eigenvalue weighted by molar-refractivity contribution is 7.92. The summed E-state index contributed by atoms with van der Waals surface area (Å²) in [5, 5.41) is 2.91. The van der Waals surface area contributed by atoms with Crippen molar-refractivity contribution in [2.45, 2.75) is 96.9 Å². The van der Waals surface area contributed by atoms with Crippen LogP contribution in [0.4, 0.5) is 3.89 Å². The van der Waals surface area contributed by atoms with Gasteiger partial charge in [-0.1, -0.05) is 43.2 Å². The van der Waals surface area contributed by atoms with E-state index in [0.717, 1.165) is 36.9 Å². The molecule has 1 saturated carbocycles. The number of unbranched alkanes of at least 4 members (excludes halogenated alkanes) is 3. The lowest BCUT2D eigenvalue weighted by atomic mass is 10.0. The number of fused-ring (bicyclic) bond motifs is 2. The molecule has 13 heteroatoms. The molecule has 49 heavy (non-hydrogen) atoms. The summed E-state index contributed by atoms with van der Waals surface area (Å²) in [6.45, 7) is 5.10. The van der Waals surface area contributed by atoms with Gasteiger partial charge in [-0.25, -0.2) is 13.9 Å². The Morgan fingerprint density at radius 1 is 1.06 bits per heavy atom. The van der Waals surface area contributed by atoms with Crippen molar-refractivity contribution in [1.82, 2.24) is 28.7 Å². The van der Waals surface area contributed by atoms with E-state index in [1.165, 1.54) is 16.2 Å². The van der Waals surface area contributed by atoms with Gasteiger partial charge in [0.25, 0.3) is 5.91 Å². The maximum Gasteiger partial charge on any atom is 0.274 e. The first-order valence-corrected chi connectivity index (χ1v) is 17.6. The van der Waals surface area contributed by atoms with Crippen molar-refractivity contribution in [2.75, 3.05) is 6.54 Å². The van der Waals surface area contributed by atoms with Gasteiger partial charge in [0.15, 0.2) is 35.2 Å². The van der Waals surface area contributed by atoms with Crippen LogP contribution in [0.2, 0.25) is 0 Å². The first-order chi connectivity index (χ1) is 23.7. The van der Waals surface area contributed by atoms with Gasteiger partial charge in [0.2, 0.25) is 11.3 Å². The number of nitrogens with zero attached hydrogens (tertiary/aromatic N) is 5. The second-order valence-electron chi connectivity index (χ2n) is 13.0. The number of ether oxygens (including phenoxy) is 1. The van der Waals surface area contributed by atoms with E-state index in [2.05, 4.69) is 15.3 Å². The summed E-state index contributed by atoms with van der Waals surface area (Å²) in [7, 11) is 0. The molecular weight excluding hydrogens is 647 g/mol. The number of nitrogens with one attached hydrogen (secondary N) is 1. The van der Waals surface area contributed by atoms with Crippen LogP contribution in [0.15, 0.2) is 53.6 Å². The van der Waals surface area contributed by atoms with Gasteiger partial charge in [0.05, 0.1) is 24.0 Å². The predicted molar refractivity (Wildman–Crippen MR) is 185 cm³/mol. The molecule has 258 valence electrons. The third-order valence-corrected chi connectivity index (χ3v) is 9.53. The molecule has 1 fully saturated rings. The van der Waals surface area contributed by atoms with Crippen molar-refractivity contribution >= 4 is 41.1 Å². The van der Waals surface area contributed by atoms with Crippen LogP contribution in [-0.2, 0) is 24.5 Å². The van der Waals surface area contributed by atoms with E-state index >= 15 is 0 Å². The Morgan fingerprint density at radius 3 is 2.53 bits per heavy atom. The van der Waals surface area contributed by atoms with Crippen LogP contribution in [0.5, 0.6) is 5.75 Å². The third-order valence-electron chi connectivity index (χ3n) is 9.11. The van der Waals surface area contributed by atoms with Crippen LogP contribution in [0.1, 0.15) is 109 Å². The number of aromatic nitrogens is 4. The Hall–Kier alpha value is -4.52. The average molecular weight is 689 g/mol. The van der Waals surface area contributed by atoms with E-state index in [4.69, 9.17) is 4.74 Å². The summed E-state index contributed by atoms with van der Waals surface area (Å²) < 4.78 is 22.5. The molecule has 1 aromatic carbocycles. The fourth-order valence-electron chi connectivity index (χ4n) is 6.25. The van der Waals surface area contributed by atoms with Crippen LogP contribution in [0.25, 0.3) is 11.2 Å². The molecule has 0 radical (unpaired) electrons. The summed E-state index contributed by atoms with van der Waals surface area (Å²) in [4.78, 5) is 63.3. The molecule has 1 aliphatic carbocycles. The molecule has 2 amide bonds. The molecule has 0 spiro atoms. The van der Waals surface area contributed by atoms with Gasteiger partial charge in [-0.2, -0.15) is 0 Å². The summed E-state index contributed by atoms with van der Waals surface area (Å²) in [6.07, 6.45) is 8.65. The number of rotatable bonds is 16. The number of Topliss-reactive ketones (excluding diaryl/α,β-unsaturated/α-hetero) is 1. The van der Waals surface area contributed by atoms with Gasteiger partial charge < -0.3 is 19.5 Å². The van der Waals surface area contributed by atoms with Crippen LogP contribution in [-0.4, -0.2) is 53.6 Å². The molecule has 0 bridgehead atoms. The van der Waals surface area contributed by atoms with Crippen molar-refractivity contribution in [3.8, 4) is 5.75 Å². The number of carbonyl (C=O) groups excluding carboxylic acids is 3. The quantitative estimate of drug-likeness (QED) is 0.110. The SMILES string of the molecule is CC(C)N1CCn2c(CNC(=O)CCCCCCC(=O)c3cn(SF)c4ncc(C5CC5)nc34)cc(=O)c(OCc3ccccc3)c2C1=O. The van der Waals surface area contributed by atoms with Gasteiger partial charge >= 0.3 is 0 Å². The Labute approximate surface area is 288 Å². The minimum Gasteiger partial charge on any atom is -0.483 e. The Morgan fingerprint density at radius 2 is 1.82 bits per heavy atom. The normalized spacial score (nSPS) is 14.4. The molecule has 0 saturated heterocycles. The average Bonchev–Trinajstić information content (AvgIpc) is 3.89. The van der Waals surface area contributed by atoms with Crippen LogP contribution in [0, 0.1) is 0 Å². The van der Waals surface area contributed by atoms with Crippen LogP contribution in [0.3, 0.4) is 0 Å². The fourth-order valence-corrected chi connectivity index (χ4v) is 6.59. The van der Waals surface area contributed by atoms with Crippen LogP contribution < -0.4 is 15.5 Å². The highest BCUT2D eigenvalue weighted by atomic mass is 32.2. The van der Waals surface area contributed by atoms with E-state index < -0.39 is 5.43 Å². The highest BCUT2D eigenvalue weighted by Gasteiger charge is 2.32. The Balaban J connectivity index is 1.00. The molecular formula is C36H41FN6O5S. The number of hydrogen-bond acceptors (Lipinski definition) is 8. The van der Waals surface area contributed by atoms with E-state index in [-0.39, 0.29) is 60.6 Å². The second-order valence-corrected chi connectivity index (χ2v) is 13.5. The number of carbonyl (C=O) groups is 3. The van der Waals surface area contributed by atoms with Gasteiger partial charge in [-0.3, -0.25) is 19.2 Å². The topological polar surface area (TPSA) is 128 Å². The van der Waals surface area contributed by atoms with Crippen molar-refractivity contribution in [3.05, 3.63) is 87.2 Å². The predicted octanol–water partition coefficient (Wildman–Crippen LogP) is 6.13. The summed E-state index contributed by atoms with van der Waals surface area (Å²) in [5.41, 5.74) is 3.30. The fraction of sp³-hybridized carbons (Fsp3) is 0.444. The zero-order valence-electron chi connectivity index (χ0n) is 27.8. The van der Waals surface area contributed by atoms with E-state index in [0.29, 0.717) is 67.1 Å². The summed E-state index contributed by atoms with van der Waals surface area (Å²) >= 11 is 0.00136. The van der Waals surface area contributed by atoms with Crippen molar-refractivity contribution < 1.29 is 23.0 Å². The smallest absolute Gasteiger partial charge is 0.274 e. The van der Waals surface area contributed by atoms with E-state index in [9.17, 15) is 23.1 Å². The minimum atomic E-state index is -0.400. The zero-order valence-corrected chi connectivity index (χ0v) is 28.6. The van der Waals surface area contributed by atoms with Crippen molar-refractivity contribution in [2.24, 2.45) is 0 Å². The van der Waals surface area contributed by atoms with Gasteiger partial charge in [-0.15, -0.1) is 3.89 Å². The highest BCUT2D eigenvalue weighted by Crippen LogP contribution is 2.39. The molecule has 3 aromatic heterocycles. The third kappa shape index (κ3) is 7.87. The largest absolute Gasteiger partial charge is 0.483 e. The standard InChI is InChI=1S/C36H41FN6O5S/c1-23(2)41-16-17-42-26(18-30(45)34(33(42)36(41)47)48-22-24-10-6-5-7-11-24)19-38-31(46)13-9-4-3-8-12-29(44)27-21-43(49-37)35-32(27)40-28(20-39-35)25-14-15-25/h5-7,10-11,18,20-21,23,25H,3-4,8-9,12-17,19,22H2,1-2H3,(H,38,46). The maximum atomic E-state index is 13.6. The van der Waals surface area contributed by atoms with Gasteiger partial charge in [0.1, 0.15) is 12.1 Å².